The van der Waals surface area contributed by atoms with Crippen molar-refractivity contribution in [2.45, 2.75) is 0 Å². The van der Waals surface area contributed by atoms with Crippen LogP contribution in [0.3, 0.4) is 0 Å². The number of rotatable bonds is 0. The van der Waals surface area contributed by atoms with Crippen LogP contribution in [0, 0.1) is 0 Å². The van der Waals surface area contributed by atoms with E-state index in [1.54, 1.807) is 0 Å². The van der Waals surface area contributed by atoms with E-state index >= 15 is 0 Å². The van der Waals surface area contributed by atoms with Crippen LogP contribution in [0.15, 0.2) is 24.3 Å². The number of ketones is 1. The summed E-state index contributed by atoms with van der Waals surface area (Å²) in [5.74, 6) is -2.12. The van der Waals surface area contributed by atoms with Crippen molar-refractivity contribution in [2.75, 3.05) is 0 Å². The fourth-order valence-electron chi connectivity index (χ4n) is 2.16. The molecule has 0 bridgehead atoms. The Morgan fingerprint density at radius 1 is 0.722 bits per heavy atom. The number of aromatic hydroxyl groups is 4. The molecule has 5 nitrogen and oxygen atoms in total. The molecular weight excluding hydrogens is 236 g/mol. The van der Waals surface area contributed by atoms with Crippen LogP contribution in [-0.4, -0.2) is 26.2 Å². The Morgan fingerprint density at radius 3 is 2.00 bits per heavy atom. The van der Waals surface area contributed by atoms with Crippen LogP contribution in [0.25, 0.3) is 11.1 Å². The van der Waals surface area contributed by atoms with Gasteiger partial charge in [-0.2, -0.15) is 0 Å². The molecule has 18 heavy (non-hydrogen) atoms. The zero-order chi connectivity index (χ0) is 13.0. The molecular formula is C13H8O5. The van der Waals surface area contributed by atoms with Gasteiger partial charge in [0.2, 0.25) is 0 Å². The van der Waals surface area contributed by atoms with Crippen molar-refractivity contribution in [1.29, 1.82) is 0 Å². The molecule has 1 aliphatic carbocycles. The maximum Gasteiger partial charge on any atom is 0.198 e. The van der Waals surface area contributed by atoms with Crippen molar-refractivity contribution in [2.24, 2.45) is 0 Å². The number of hydrogen-bond acceptors (Lipinski definition) is 5. The van der Waals surface area contributed by atoms with Gasteiger partial charge in [-0.3, -0.25) is 4.79 Å². The molecule has 0 amide bonds. The molecule has 1 aliphatic rings. The number of phenolic OH excluding ortho intramolecular Hbond substituents is 4. The van der Waals surface area contributed by atoms with Gasteiger partial charge in [0, 0.05) is 5.56 Å². The van der Waals surface area contributed by atoms with Crippen molar-refractivity contribution in [3.8, 4) is 34.1 Å². The molecule has 0 radical (unpaired) electrons. The topological polar surface area (TPSA) is 98.0 Å². The summed E-state index contributed by atoms with van der Waals surface area (Å²) in [4.78, 5) is 12.1. The van der Waals surface area contributed by atoms with Crippen LogP contribution in [0.4, 0.5) is 0 Å². The number of phenols is 4. The van der Waals surface area contributed by atoms with Crippen LogP contribution in [0.1, 0.15) is 15.9 Å². The number of fused-ring (bicyclic) bond motifs is 3. The lowest BCUT2D eigenvalue weighted by Crippen LogP contribution is -1.95. The number of benzene rings is 2. The monoisotopic (exact) mass is 244 g/mol. The van der Waals surface area contributed by atoms with Crippen molar-refractivity contribution >= 4 is 5.78 Å². The number of carbonyl (C=O) groups excluding carboxylic acids is 1. The van der Waals surface area contributed by atoms with Crippen LogP contribution in [0.5, 0.6) is 23.0 Å². The maximum atomic E-state index is 12.1. The second-order valence-electron chi connectivity index (χ2n) is 4.07. The molecule has 0 spiro atoms. The fourth-order valence-corrected chi connectivity index (χ4v) is 2.16. The Hall–Kier alpha value is -2.69. The number of carbonyl (C=O) groups is 1. The molecule has 0 saturated carbocycles. The highest BCUT2D eigenvalue weighted by molar-refractivity contribution is 6.23. The zero-order valence-corrected chi connectivity index (χ0v) is 9.01. The van der Waals surface area contributed by atoms with E-state index in [1.165, 1.54) is 18.2 Å². The minimum atomic E-state index is -0.497. The summed E-state index contributed by atoms with van der Waals surface area (Å²) >= 11 is 0. The molecule has 2 aromatic rings. The minimum absolute atomic E-state index is 0.0185. The molecule has 0 heterocycles. The van der Waals surface area contributed by atoms with Crippen molar-refractivity contribution in [1.82, 2.24) is 0 Å². The lowest BCUT2D eigenvalue weighted by Gasteiger charge is -2.04. The lowest BCUT2D eigenvalue weighted by molar-refractivity contribution is 0.104. The van der Waals surface area contributed by atoms with Crippen molar-refractivity contribution in [3.63, 3.8) is 0 Å². The lowest BCUT2D eigenvalue weighted by atomic mass is 10.0. The van der Waals surface area contributed by atoms with E-state index in [2.05, 4.69) is 0 Å². The van der Waals surface area contributed by atoms with Crippen LogP contribution < -0.4 is 0 Å². The van der Waals surface area contributed by atoms with E-state index < -0.39 is 17.3 Å². The van der Waals surface area contributed by atoms with Crippen molar-refractivity contribution < 1.29 is 25.2 Å². The van der Waals surface area contributed by atoms with E-state index in [1.807, 2.05) is 0 Å². The van der Waals surface area contributed by atoms with Crippen LogP contribution in [0.2, 0.25) is 0 Å². The standard InChI is InChI=1S/C13H8O5/c14-8-2-1-5-6-3-9(15)10(16)4-7(6)12(17)11(5)13(8)18/h1-4,14-16,18H. The Bertz CT molecular complexity index is 703. The smallest absolute Gasteiger partial charge is 0.198 e. The predicted molar refractivity (Wildman–Crippen MR) is 62.0 cm³/mol. The predicted octanol–water partition coefficient (Wildman–Crippen LogP) is 1.72. The fraction of sp³-hybridized carbons (Fsp3) is 0. The van der Waals surface area contributed by atoms with Gasteiger partial charge in [0.1, 0.15) is 0 Å². The highest BCUT2D eigenvalue weighted by Crippen LogP contribution is 2.47. The molecule has 2 aromatic carbocycles. The third-order valence-electron chi connectivity index (χ3n) is 3.03. The third kappa shape index (κ3) is 1.13. The first kappa shape index (κ1) is 10.5. The van der Waals surface area contributed by atoms with Gasteiger partial charge in [0.05, 0.1) is 5.56 Å². The second-order valence-corrected chi connectivity index (χ2v) is 4.07. The van der Waals surface area contributed by atoms with E-state index in [0.29, 0.717) is 11.1 Å². The van der Waals surface area contributed by atoms with Gasteiger partial charge in [-0.1, -0.05) is 0 Å². The summed E-state index contributed by atoms with van der Waals surface area (Å²) in [5.41, 5.74) is 0.998. The van der Waals surface area contributed by atoms with Gasteiger partial charge in [-0.15, -0.1) is 0 Å². The summed E-state index contributed by atoms with van der Waals surface area (Å²) in [6, 6.07) is 5.14. The molecule has 0 fully saturated rings. The van der Waals surface area contributed by atoms with Crippen LogP contribution >= 0.6 is 0 Å². The highest BCUT2D eigenvalue weighted by atomic mass is 16.3. The average molecular weight is 244 g/mol. The van der Waals surface area contributed by atoms with E-state index in [-0.39, 0.29) is 22.6 Å². The summed E-state index contributed by atoms with van der Waals surface area (Å²) in [6.45, 7) is 0. The molecule has 3 rings (SSSR count). The van der Waals surface area contributed by atoms with E-state index in [0.717, 1.165) is 6.07 Å². The summed E-state index contributed by atoms with van der Waals surface area (Å²) in [5, 5.41) is 37.9. The van der Waals surface area contributed by atoms with Gasteiger partial charge in [0.25, 0.3) is 0 Å². The maximum absolute atomic E-state index is 12.1. The average Bonchev–Trinajstić information content (AvgIpc) is 2.59. The van der Waals surface area contributed by atoms with Gasteiger partial charge >= 0.3 is 0 Å². The quantitative estimate of drug-likeness (QED) is 0.451. The summed E-state index contributed by atoms with van der Waals surface area (Å²) < 4.78 is 0. The SMILES string of the molecule is O=C1c2cc(O)c(O)cc2-c2ccc(O)c(O)c21. The first-order valence-corrected chi connectivity index (χ1v) is 5.16. The normalized spacial score (nSPS) is 12.3. The number of hydrogen-bond donors (Lipinski definition) is 4. The second kappa shape index (κ2) is 3.16. The summed E-state index contributed by atoms with van der Waals surface area (Å²) in [6.07, 6.45) is 0. The molecule has 90 valence electrons. The molecule has 4 N–H and O–H groups in total. The molecule has 0 atom stereocenters. The Labute approximate surface area is 101 Å². The van der Waals surface area contributed by atoms with Gasteiger partial charge < -0.3 is 20.4 Å². The van der Waals surface area contributed by atoms with Gasteiger partial charge in [0.15, 0.2) is 28.8 Å². The third-order valence-corrected chi connectivity index (χ3v) is 3.03. The van der Waals surface area contributed by atoms with Gasteiger partial charge in [-0.25, -0.2) is 0 Å². The Kier molecular flexibility index (Phi) is 1.84. The summed E-state index contributed by atoms with van der Waals surface area (Å²) in [7, 11) is 0. The molecule has 5 heteroatoms. The largest absolute Gasteiger partial charge is 0.504 e. The molecule has 0 unspecified atom stereocenters. The highest BCUT2D eigenvalue weighted by Gasteiger charge is 2.32. The Balaban J connectivity index is 2.39. The van der Waals surface area contributed by atoms with Crippen LogP contribution in [-0.2, 0) is 0 Å². The molecule has 0 aliphatic heterocycles. The van der Waals surface area contributed by atoms with E-state index in [4.69, 9.17) is 0 Å². The minimum Gasteiger partial charge on any atom is -0.504 e. The molecule has 0 saturated heterocycles. The Morgan fingerprint density at radius 2 is 1.33 bits per heavy atom. The first-order valence-electron chi connectivity index (χ1n) is 5.16. The first-order chi connectivity index (χ1) is 8.50. The molecule has 0 aromatic heterocycles. The zero-order valence-electron chi connectivity index (χ0n) is 9.01. The van der Waals surface area contributed by atoms with E-state index in [9.17, 15) is 25.2 Å². The van der Waals surface area contributed by atoms with Crippen molar-refractivity contribution in [3.05, 3.63) is 35.4 Å². The van der Waals surface area contributed by atoms with Gasteiger partial charge in [-0.05, 0) is 35.4 Å².